The Balaban J connectivity index is 1.54. The summed E-state index contributed by atoms with van der Waals surface area (Å²) >= 11 is 0. The number of nitrogens with one attached hydrogen (secondary N) is 2. The summed E-state index contributed by atoms with van der Waals surface area (Å²) in [6.45, 7) is 2.16. The molecule has 3 aromatic carbocycles. The number of anilines is 1. The van der Waals surface area contributed by atoms with Crippen LogP contribution in [0.4, 0.5) is 14.9 Å². The molecule has 0 aliphatic rings. The van der Waals surface area contributed by atoms with Crippen molar-refractivity contribution >= 4 is 32.5 Å². The van der Waals surface area contributed by atoms with Crippen LogP contribution in [-0.2, 0) is 16.4 Å². The fourth-order valence-corrected chi connectivity index (χ4v) is 5.51. The summed E-state index contributed by atoms with van der Waals surface area (Å²) in [5.41, 5.74) is 2.88. The molecule has 1 aromatic heterocycles. The molecule has 8 heteroatoms. The molecule has 0 saturated carbocycles. The number of nitrogens with zero attached hydrogens (tertiary/aromatic N) is 1. The van der Waals surface area contributed by atoms with Gasteiger partial charge in [-0.05, 0) is 42.8 Å². The maximum Gasteiger partial charge on any atom is 0.319 e. The van der Waals surface area contributed by atoms with Crippen LogP contribution in [0.25, 0.3) is 10.9 Å². The van der Waals surface area contributed by atoms with Crippen LogP contribution in [0.2, 0.25) is 0 Å². The van der Waals surface area contributed by atoms with Gasteiger partial charge in [0.05, 0.1) is 10.6 Å². The van der Waals surface area contributed by atoms with Gasteiger partial charge in [0.15, 0.2) is 9.84 Å². The summed E-state index contributed by atoms with van der Waals surface area (Å²) in [6, 6.07) is 21.9. The number of benzene rings is 3. The molecule has 0 saturated heterocycles. The van der Waals surface area contributed by atoms with Gasteiger partial charge >= 0.3 is 6.03 Å². The molecule has 170 valence electrons. The van der Waals surface area contributed by atoms with Gasteiger partial charge in [-0.15, -0.1) is 0 Å². The van der Waals surface area contributed by atoms with Crippen LogP contribution in [0, 0.1) is 12.7 Å². The standard InChI is InChI=1S/C25H24FN3O3S/c1-18-24(33(31,32)16-15-27-25(30)28-21-7-3-2-4-8-21)22-9-5-6-10-23(22)29(18)17-19-11-13-20(26)14-12-19/h2-14H,15-17H2,1H3,(H2,27,28,30). The Morgan fingerprint density at radius 1 is 0.939 bits per heavy atom. The van der Waals surface area contributed by atoms with E-state index in [9.17, 15) is 17.6 Å². The molecule has 2 amide bonds. The van der Waals surface area contributed by atoms with Crippen molar-refractivity contribution in [3.8, 4) is 0 Å². The third-order valence-corrected chi connectivity index (χ3v) is 7.30. The van der Waals surface area contributed by atoms with Crippen molar-refractivity contribution in [2.75, 3.05) is 17.6 Å². The molecule has 0 spiro atoms. The van der Waals surface area contributed by atoms with E-state index in [1.54, 1.807) is 55.5 Å². The molecule has 33 heavy (non-hydrogen) atoms. The second-order valence-corrected chi connectivity index (χ2v) is 9.76. The molecule has 0 radical (unpaired) electrons. The van der Waals surface area contributed by atoms with Crippen molar-refractivity contribution < 1.29 is 17.6 Å². The fraction of sp³-hybridized carbons (Fsp3) is 0.160. The zero-order valence-electron chi connectivity index (χ0n) is 18.1. The number of sulfone groups is 1. The minimum Gasteiger partial charge on any atom is -0.339 e. The number of amides is 2. The zero-order chi connectivity index (χ0) is 23.4. The number of halogens is 1. The quantitative estimate of drug-likeness (QED) is 0.414. The number of aromatic nitrogens is 1. The number of rotatable bonds is 7. The number of carbonyl (C=O) groups is 1. The number of para-hydroxylation sites is 2. The van der Waals surface area contributed by atoms with Gasteiger partial charge in [-0.2, -0.15) is 0 Å². The molecule has 0 fully saturated rings. The van der Waals surface area contributed by atoms with Crippen LogP contribution in [0.1, 0.15) is 11.3 Å². The number of urea groups is 1. The van der Waals surface area contributed by atoms with Gasteiger partial charge in [-0.25, -0.2) is 17.6 Å². The topological polar surface area (TPSA) is 80.2 Å². The highest BCUT2D eigenvalue weighted by atomic mass is 32.2. The average Bonchev–Trinajstić information content (AvgIpc) is 3.08. The predicted octanol–water partition coefficient (Wildman–Crippen LogP) is 4.73. The lowest BCUT2D eigenvalue weighted by atomic mass is 10.2. The van der Waals surface area contributed by atoms with Crippen molar-refractivity contribution in [1.29, 1.82) is 0 Å². The lowest BCUT2D eigenvalue weighted by molar-refractivity contribution is 0.252. The Hall–Kier alpha value is -3.65. The molecule has 0 unspecified atom stereocenters. The van der Waals surface area contributed by atoms with Gasteiger partial charge in [0.1, 0.15) is 5.82 Å². The second-order valence-electron chi connectivity index (χ2n) is 7.71. The Morgan fingerprint density at radius 3 is 2.33 bits per heavy atom. The van der Waals surface area contributed by atoms with Crippen molar-refractivity contribution in [1.82, 2.24) is 9.88 Å². The van der Waals surface area contributed by atoms with Gasteiger partial charge in [0, 0.05) is 35.4 Å². The summed E-state index contributed by atoms with van der Waals surface area (Å²) in [7, 11) is -3.69. The van der Waals surface area contributed by atoms with E-state index >= 15 is 0 Å². The highest BCUT2D eigenvalue weighted by Gasteiger charge is 2.25. The average molecular weight is 466 g/mol. The van der Waals surface area contributed by atoms with Crippen molar-refractivity contribution in [3.05, 3.63) is 95.9 Å². The van der Waals surface area contributed by atoms with Gasteiger partial charge < -0.3 is 15.2 Å². The van der Waals surface area contributed by atoms with Crippen LogP contribution >= 0.6 is 0 Å². The third kappa shape index (κ3) is 5.06. The normalized spacial score (nSPS) is 11.5. The Bertz CT molecular complexity index is 1380. The molecule has 2 N–H and O–H groups in total. The molecule has 4 rings (SSSR count). The van der Waals surface area contributed by atoms with E-state index in [1.807, 2.05) is 22.8 Å². The first-order valence-electron chi connectivity index (χ1n) is 10.5. The lowest BCUT2D eigenvalue weighted by Gasteiger charge is -2.10. The maximum atomic E-state index is 13.3. The monoisotopic (exact) mass is 465 g/mol. The van der Waals surface area contributed by atoms with E-state index in [-0.39, 0.29) is 23.0 Å². The molecule has 0 bridgehead atoms. The van der Waals surface area contributed by atoms with Crippen LogP contribution < -0.4 is 10.6 Å². The lowest BCUT2D eigenvalue weighted by Crippen LogP contribution is -2.32. The molecular formula is C25H24FN3O3S. The van der Waals surface area contributed by atoms with Gasteiger partial charge in [0.2, 0.25) is 0 Å². The molecule has 0 aliphatic carbocycles. The third-order valence-electron chi connectivity index (χ3n) is 5.43. The van der Waals surface area contributed by atoms with Crippen LogP contribution in [0.5, 0.6) is 0 Å². The number of hydrogen-bond donors (Lipinski definition) is 2. The van der Waals surface area contributed by atoms with Crippen LogP contribution in [-0.4, -0.2) is 31.3 Å². The van der Waals surface area contributed by atoms with Crippen molar-refractivity contribution in [3.63, 3.8) is 0 Å². The second kappa shape index (κ2) is 9.46. The minimum atomic E-state index is -3.69. The highest BCUT2D eigenvalue weighted by Crippen LogP contribution is 2.31. The zero-order valence-corrected chi connectivity index (χ0v) is 18.9. The minimum absolute atomic E-state index is 0.0299. The molecule has 0 atom stereocenters. The van der Waals surface area contributed by atoms with Crippen molar-refractivity contribution in [2.45, 2.75) is 18.4 Å². The van der Waals surface area contributed by atoms with Crippen LogP contribution in [0.15, 0.2) is 83.8 Å². The number of carbonyl (C=O) groups excluding carboxylic acids is 1. The largest absolute Gasteiger partial charge is 0.339 e. The Kier molecular flexibility index (Phi) is 6.46. The van der Waals surface area contributed by atoms with E-state index in [0.717, 1.165) is 11.1 Å². The Morgan fingerprint density at radius 2 is 1.61 bits per heavy atom. The van der Waals surface area contributed by atoms with E-state index in [4.69, 9.17) is 0 Å². The van der Waals surface area contributed by atoms with Gasteiger partial charge in [-0.3, -0.25) is 0 Å². The first kappa shape index (κ1) is 22.5. The molecule has 0 aliphatic heterocycles. The SMILES string of the molecule is Cc1c(S(=O)(=O)CCNC(=O)Nc2ccccc2)c2ccccc2n1Cc1ccc(F)cc1. The number of hydrogen-bond acceptors (Lipinski definition) is 3. The van der Waals surface area contributed by atoms with E-state index in [0.29, 0.717) is 23.3 Å². The smallest absolute Gasteiger partial charge is 0.319 e. The first-order chi connectivity index (χ1) is 15.8. The molecule has 4 aromatic rings. The summed E-state index contributed by atoms with van der Waals surface area (Å²) < 4.78 is 41.8. The van der Waals surface area contributed by atoms with Crippen LogP contribution in [0.3, 0.4) is 0 Å². The Labute approximate surface area is 192 Å². The van der Waals surface area contributed by atoms with Gasteiger partial charge in [0.25, 0.3) is 0 Å². The summed E-state index contributed by atoms with van der Waals surface area (Å²) in [5, 5.41) is 5.90. The highest BCUT2D eigenvalue weighted by molar-refractivity contribution is 7.91. The molecule has 1 heterocycles. The summed E-state index contributed by atoms with van der Waals surface area (Å²) in [4.78, 5) is 12.4. The number of fused-ring (bicyclic) bond motifs is 1. The first-order valence-corrected chi connectivity index (χ1v) is 12.2. The molecule has 6 nitrogen and oxygen atoms in total. The summed E-state index contributed by atoms with van der Waals surface area (Å²) in [5.74, 6) is -0.555. The molecular weight excluding hydrogens is 441 g/mol. The fourth-order valence-electron chi connectivity index (χ4n) is 3.87. The van der Waals surface area contributed by atoms with E-state index in [2.05, 4.69) is 10.6 Å². The van der Waals surface area contributed by atoms with E-state index in [1.165, 1.54) is 12.1 Å². The predicted molar refractivity (Wildman–Crippen MR) is 128 cm³/mol. The summed E-state index contributed by atoms with van der Waals surface area (Å²) in [6.07, 6.45) is 0. The maximum absolute atomic E-state index is 13.3. The van der Waals surface area contributed by atoms with Gasteiger partial charge in [-0.1, -0.05) is 48.5 Å². The van der Waals surface area contributed by atoms with E-state index < -0.39 is 15.9 Å². The van der Waals surface area contributed by atoms with Crippen molar-refractivity contribution in [2.24, 2.45) is 0 Å².